The van der Waals surface area contributed by atoms with Crippen molar-refractivity contribution in [2.24, 2.45) is 5.73 Å². The molecule has 0 amide bonds. The number of nitrogens with zero attached hydrogens (tertiary/aromatic N) is 1. The molecule has 1 aromatic carbocycles. The van der Waals surface area contributed by atoms with Crippen LogP contribution in [-0.4, -0.2) is 24.5 Å². The molecule has 1 unspecified atom stereocenters. The molecule has 2 heteroatoms. The van der Waals surface area contributed by atoms with Crippen LogP contribution >= 0.6 is 0 Å². The standard InChI is InChI=1S/C13H22N2/c1-11-5-4-6-13(9-11)10-15(3)8-7-12(2)14/h4-6,9,12H,7-8,10,14H2,1-3H3. The Hall–Kier alpha value is -0.860. The zero-order valence-corrected chi connectivity index (χ0v) is 10.0. The highest BCUT2D eigenvalue weighted by Crippen LogP contribution is 2.06. The van der Waals surface area contributed by atoms with Crippen molar-refractivity contribution >= 4 is 0 Å². The van der Waals surface area contributed by atoms with E-state index in [0.717, 1.165) is 19.5 Å². The molecule has 0 aliphatic carbocycles. The average molecular weight is 206 g/mol. The SMILES string of the molecule is Cc1cccc(CN(C)CCC(C)N)c1. The van der Waals surface area contributed by atoms with Crippen LogP contribution < -0.4 is 5.73 Å². The van der Waals surface area contributed by atoms with Gasteiger partial charge in [-0.05, 0) is 39.4 Å². The molecule has 1 rings (SSSR count). The van der Waals surface area contributed by atoms with E-state index in [1.54, 1.807) is 0 Å². The maximum atomic E-state index is 5.73. The lowest BCUT2D eigenvalue weighted by atomic mass is 10.1. The van der Waals surface area contributed by atoms with Gasteiger partial charge in [-0.1, -0.05) is 29.8 Å². The van der Waals surface area contributed by atoms with Crippen LogP contribution in [0.3, 0.4) is 0 Å². The first-order chi connectivity index (χ1) is 7.08. The monoisotopic (exact) mass is 206 g/mol. The van der Waals surface area contributed by atoms with Crippen LogP contribution in [0.25, 0.3) is 0 Å². The summed E-state index contributed by atoms with van der Waals surface area (Å²) in [5, 5.41) is 0. The van der Waals surface area contributed by atoms with E-state index in [1.807, 2.05) is 0 Å². The molecule has 0 heterocycles. The molecule has 15 heavy (non-hydrogen) atoms. The van der Waals surface area contributed by atoms with Crippen molar-refractivity contribution in [3.8, 4) is 0 Å². The molecule has 0 aromatic heterocycles. The molecule has 0 aliphatic heterocycles. The number of hydrogen-bond acceptors (Lipinski definition) is 2. The quantitative estimate of drug-likeness (QED) is 0.800. The van der Waals surface area contributed by atoms with Gasteiger partial charge in [0.15, 0.2) is 0 Å². The predicted molar refractivity (Wildman–Crippen MR) is 65.8 cm³/mol. The predicted octanol–water partition coefficient (Wildman–Crippen LogP) is 2.16. The van der Waals surface area contributed by atoms with Gasteiger partial charge in [-0.2, -0.15) is 0 Å². The van der Waals surface area contributed by atoms with Gasteiger partial charge < -0.3 is 10.6 Å². The lowest BCUT2D eigenvalue weighted by Crippen LogP contribution is -2.25. The second-order valence-corrected chi connectivity index (χ2v) is 4.49. The second-order valence-electron chi connectivity index (χ2n) is 4.49. The molecular weight excluding hydrogens is 184 g/mol. The highest BCUT2D eigenvalue weighted by atomic mass is 15.1. The highest BCUT2D eigenvalue weighted by Gasteiger charge is 2.01. The minimum atomic E-state index is 0.296. The van der Waals surface area contributed by atoms with Crippen LogP contribution in [0.5, 0.6) is 0 Å². The Morgan fingerprint density at radius 3 is 2.73 bits per heavy atom. The molecule has 2 nitrogen and oxygen atoms in total. The first-order valence-corrected chi connectivity index (χ1v) is 5.57. The van der Waals surface area contributed by atoms with Gasteiger partial charge in [-0.3, -0.25) is 0 Å². The van der Waals surface area contributed by atoms with Crippen molar-refractivity contribution in [1.82, 2.24) is 4.90 Å². The number of hydrogen-bond donors (Lipinski definition) is 1. The first kappa shape index (κ1) is 12.2. The van der Waals surface area contributed by atoms with E-state index in [1.165, 1.54) is 11.1 Å². The smallest absolute Gasteiger partial charge is 0.0230 e. The van der Waals surface area contributed by atoms with Crippen molar-refractivity contribution in [3.05, 3.63) is 35.4 Å². The zero-order chi connectivity index (χ0) is 11.3. The minimum absolute atomic E-state index is 0.296. The molecule has 1 aromatic rings. The Bertz CT molecular complexity index is 294. The van der Waals surface area contributed by atoms with Gasteiger partial charge in [0.1, 0.15) is 0 Å². The minimum Gasteiger partial charge on any atom is -0.328 e. The van der Waals surface area contributed by atoms with Crippen LogP contribution in [0.1, 0.15) is 24.5 Å². The molecule has 0 aliphatic rings. The van der Waals surface area contributed by atoms with Gasteiger partial charge in [0, 0.05) is 12.6 Å². The normalized spacial score (nSPS) is 13.1. The van der Waals surface area contributed by atoms with E-state index in [9.17, 15) is 0 Å². The van der Waals surface area contributed by atoms with Gasteiger partial charge in [-0.15, -0.1) is 0 Å². The second kappa shape index (κ2) is 5.89. The Morgan fingerprint density at radius 2 is 2.13 bits per heavy atom. The van der Waals surface area contributed by atoms with E-state index in [0.29, 0.717) is 6.04 Å². The third kappa shape index (κ3) is 4.96. The van der Waals surface area contributed by atoms with E-state index >= 15 is 0 Å². The molecule has 0 saturated heterocycles. The van der Waals surface area contributed by atoms with Gasteiger partial charge in [0.25, 0.3) is 0 Å². The summed E-state index contributed by atoms with van der Waals surface area (Å²) in [6.07, 6.45) is 1.06. The summed E-state index contributed by atoms with van der Waals surface area (Å²) < 4.78 is 0. The molecule has 1 atom stereocenters. The fourth-order valence-electron chi connectivity index (χ4n) is 1.63. The van der Waals surface area contributed by atoms with E-state index in [-0.39, 0.29) is 0 Å². The van der Waals surface area contributed by atoms with Gasteiger partial charge in [0.05, 0.1) is 0 Å². The summed E-state index contributed by atoms with van der Waals surface area (Å²) in [6.45, 7) is 6.26. The maximum Gasteiger partial charge on any atom is 0.0230 e. The Morgan fingerprint density at radius 1 is 1.40 bits per heavy atom. The van der Waals surface area contributed by atoms with Crippen molar-refractivity contribution in [2.75, 3.05) is 13.6 Å². The molecule has 0 fully saturated rings. The summed E-state index contributed by atoms with van der Waals surface area (Å²) in [4.78, 5) is 2.32. The Labute approximate surface area is 93.1 Å². The van der Waals surface area contributed by atoms with Crippen LogP contribution in [0, 0.1) is 6.92 Å². The molecule has 0 bridgehead atoms. The van der Waals surface area contributed by atoms with E-state index in [2.05, 4.69) is 50.1 Å². The van der Waals surface area contributed by atoms with Crippen LogP contribution in [0.4, 0.5) is 0 Å². The first-order valence-electron chi connectivity index (χ1n) is 5.57. The van der Waals surface area contributed by atoms with Crippen LogP contribution in [0.2, 0.25) is 0 Å². The molecule has 84 valence electrons. The number of aryl methyl sites for hydroxylation is 1. The number of nitrogens with two attached hydrogens (primary N) is 1. The summed E-state index contributed by atoms with van der Waals surface area (Å²) >= 11 is 0. The fraction of sp³-hybridized carbons (Fsp3) is 0.538. The molecule has 0 radical (unpaired) electrons. The van der Waals surface area contributed by atoms with Crippen molar-refractivity contribution in [2.45, 2.75) is 32.9 Å². The highest BCUT2D eigenvalue weighted by molar-refractivity contribution is 5.21. The fourth-order valence-corrected chi connectivity index (χ4v) is 1.63. The summed E-state index contributed by atoms with van der Waals surface area (Å²) in [6, 6.07) is 8.96. The third-order valence-electron chi connectivity index (χ3n) is 2.50. The molecular formula is C13H22N2. The largest absolute Gasteiger partial charge is 0.328 e. The molecule has 0 spiro atoms. The number of benzene rings is 1. The summed E-state index contributed by atoms with van der Waals surface area (Å²) in [5.74, 6) is 0. The van der Waals surface area contributed by atoms with Crippen molar-refractivity contribution in [1.29, 1.82) is 0 Å². The lowest BCUT2D eigenvalue weighted by Gasteiger charge is -2.18. The van der Waals surface area contributed by atoms with Gasteiger partial charge in [-0.25, -0.2) is 0 Å². The van der Waals surface area contributed by atoms with Gasteiger partial charge >= 0.3 is 0 Å². The zero-order valence-electron chi connectivity index (χ0n) is 10.0. The van der Waals surface area contributed by atoms with Crippen molar-refractivity contribution in [3.63, 3.8) is 0 Å². The number of rotatable bonds is 5. The average Bonchev–Trinajstić information content (AvgIpc) is 2.15. The topological polar surface area (TPSA) is 29.3 Å². The maximum absolute atomic E-state index is 5.73. The van der Waals surface area contributed by atoms with Gasteiger partial charge in [0.2, 0.25) is 0 Å². The van der Waals surface area contributed by atoms with Crippen LogP contribution in [0.15, 0.2) is 24.3 Å². The summed E-state index contributed by atoms with van der Waals surface area (Å²) in [7, 11) is 2.14. The Balaban J connectivity index is 2.40. The van der Waals surface area contributed by atoms with E-state index < -0.39 is 0 Å². The lowest BCUT2D eigenvalue weighted by molar-refractivity contribution is 0.313. The van der Waals surface area contributed by atoms with E-state index in [4.69, 9.17) is 5.73 Å². The van der Waals surface area contributed by atoms with Crippen LogP contribution in [-0.2, 0) is 6.54 Å². The third-order valence-corrected chi connectivity index (χ3v) is 2.50. The molecule has 2 N–H and O–H groups in total. The Kier molecular flexibility index (Phi) is 4.79. The summed E-state index contributed by atoms with van der Waals surface area (Å²) in [5.41, 5.74) is 8.44. The molecule has 0 saturated carbocycles. The van der Waals surface area contributed by atoms with Crippen molar-refractivity contribution < 1.29 is 0 Å².